The van der Waals surface area contributed by atoms with E-state index in [4.69, 9.17) is 9.26 Å². The summed E-state index contributed by atoms with van der Waals surface area (Å²) in [6.07, 6.45) is -0.299. The molecule has 1 atom stereocenters. The molecule has 3 aromatic rings. The van der Waals surface area contributed by atoms with Crippen molar-refractivity contribution in [2.45, 2.75) is 26.9 Å². The number of aryl methyl sites for hydroxylation is 2. The van der Waals surface area contributed by atoms with Crippen molar-refractivity contribution in [3.63, 3.8) is 0 Å². The second-order valence-electron chi connectivity index (χ2n) is 5.33. The van der Waals surface area contributed by atoms with Crippen LogP contribution in [0.15, 0.2) is 53.1 Å². The molecule has 0 saturated carbocycles. The molecule has 0 bridgehead atoms. The lowest BCUT2D eigenvalue weighted by Gasteiger charge is -2.12. The van der Waals surface area contributed by atoms with Gasteiger partial charge in [-0.05, 0) is 44.0 Å². The normalized spacial score (nSPS) is 12.1. The molecule has 0 aliphatic carbocycles. The maximum Gasteiger partial charge on any atom is 0.267 e. The van der Waals surface area contributed by atoms with E-state index in [9.17, 15) is 0 Å². The summed E-state index contributed by atoms with van der Waals surface area (Å²) in [6, 6.07) is 15.7. The van der Waals surface area contributed by atoms with Gasteiger partial charge in [0.1, 0.15) is 5.75 Å². The molecule has 0 fully saturated rings. The van der Waals surface area contributed by atoms with E-state index in [-0.39, 0.29) is 6.10 Å². The molecule has 1 aromatic heterocycles. The van der Waals surface area contributed by atoms with Crippen molar-refractivity contribution < 1.29 is 9.26 Å². The van der Waals surface area contributed by atoms with Crippen molar-refractivity contribution in [3.8, 4) is 17.1 Å². The van der Waals surface area contributed by atoms with Crippen LogP contribution in [0.4, 0.5) is 0 Å². The van der Waals surface area contributed by atoms with Crippen molar-refractivity contribution in [1.82, 2.24) is 10.1 Å². The van der Waals surface area contributed by atoms with Crippen LogP contribution in [0.1, 0.15) is 30.0 Å². The van der Waals surface area contributed by atoms with Gasteiger partial charge in [-0.3, -0.25) is 0 Å². The quantitative estimate of drug-likeness (QED) is 0.711. The maximum atomic E-state index is 5.89. The molecular weight excluding hydrogens is 276 g/mol. The van der Waals surface area contributed by atoms with Crippen LogP contribution in [-0.4, -0.2) is 10.1 Å². The lowest BCUT2D eigenvalue weighted by Crippen LogP contribution is -2.03. The summed E-state index contributed by atoms with van der Waals surface area (Å²) >= 11 is 0. The Morgan fingerprint density at radius 2 is 1.77 bits per heavy atom. The fourth-order valence-electron chi connectivity index (χ4n) is 2.15. The highest BCUT2D eigenvalue weighted by Crippen LogP contribution is 2.24. The zero-order valence-corrected chi connectivity index (χ0v) is 12.9. The van der Waals surface area contributed by atoms with Crippen molar-refractivity contribution in [2.24, 2.45) is 0 Å². The van der Waals surface area contributed by atoms with Crippen LogP contribution < -0.4 is 4.74 Å². The first-order chi connectivity index (χ1) is 10.6. The first kappa shape index (κ1) is 14.3. The fraction of sp³-hybridized carbons (Fsp3) is 0.222. The number of nitrogens with zero attached hydrogens (tertiary/aromatic N) is 2. The van der Waals surface area contributed by atoms with Gasteiger partial charge in [0.15, 0.2) is 6.10 Å². The number of hydrogen-bond donors (Lipinski definition) is 0. The molecule has 0 amide bonds. The minimum absolute atomic E-state index is 0.299. The van der Waals surface area contributed by atoms with Crippen molar-refractivity contribution >= 4 is 0 Å². The molecule has 4 heteroatoms. The van der Waals surface area contributed by atoms with Gasteiger partial charge in [-0.15, -0.1) is 0 Å². The van der Waals surface area contributed by atoms with E-state index < -0.39 is 0 Å². The molecule has 112 valence electrons. The first-order valence-corrected chi connectivity index (χ1v) is 7.26. The molecule has 3 rings (SSSR count). The number of benzene rings is 2. The van der Waals surface area contributed by atoms with Crippen LogP contribution in [0.2, 0.25) is 0 Å². The highest BCUT2D eigenvalue weighted by Gasteiger charge is 2.17. The highest BCUT2D eigenvalue weighted by molar-refractivity contribution is 5.53. The van der Waals surface area contributed by atoms with Gasteiger partial charge in [-0.2, -0.15) is 4.98 Å². The summed E-state index contributed by atoms with van der Waals surface area (Å²) in [7, 11) is 0. The smallest absolute Gasteiger partial charge is 0.267 e. The highest BCUT2D eigenvalue weighted by atomic mass is 16.5. The third-order valence-electron chi connectivity index (χ3n) is 3.61. The van der Waals surface area contributed by atoms with Crippen LogP contribution in [0.25, 0.3) is 11.4 Å². The second-order valence-corrected chi connectivity index (χ2v) is 5.33. The SMILES string of the molecule is Cc1ccc(OC(C)c2nc(-c3ccccc3)no2)cc1C. The zero-order valence-electron chi connectivity index (χ0n) is 12.9. The molecule has 0 radical (unpaired) electrons. The van der Waals surface area contributed by atoms with Gasteiger partial charge in [-0.25, -0.2) is 0 Å². The first-order valence-electron chi connectivity index (χ1n) is 7.26. The summed E-state index contributed by atoms with van der Waals surface area (Å²) < 4.78 is 11.2. The van der Waals surface area contributed by atoms with E-state index in [1.807, 2.05) is 55.5 Å². The zero-order chi connectivity index (χ0) is 15.5. The molecule has 1 unspecified atom stereocenters. The van der Waals surface area contributed by atoms with Gasteiger partial charge < -0.3 is 9.26 Å². The lowest BCUT2D eigenvalue weighted by atomic mass is 10.1. The third-order valence-corrected chi connectivity index (χ3v) is 3.61. The Kier molecular flexibility index (Phi) is 3.92. The Morgan fingerprint density at radius 3 is 2.50 bits per heavy atom. The van der Waals surface area contributed by atoms with Gasteiger partial charge in [-0.1, -0.05) is 41.6 Å². The van der Waals surface area contributed by atoms with E-state index in [0.717, 1.165) is 11.3 Å². The van der Waals surface area contributed by atoms with Crippen molar-refractivity contribution in [2.75, 3.05) is 0 Å². The predicted molar refractivity (Wildman–Crippen MR) is 84.7 cm³/mol. The molecule has 0 N–H and O–H groups in total. The molecule has 2 aromatic carbocycles. The third kappa shape index (κ3) is 3.01. The standard InChI is InChI=1S/C18H18N2O2/c1-12-9-10-16(11-13(12)2)21-14(3)18-19-17(20-22-18)15-7-5-4-6-8-15/h4-11,14H,1-3H3. The van der Waals surface area contributed by atoms with Gasteiger partial charge in [0.25, 0.3) is 5.89 Å². The van der Waals surface area contributed by atoms with E-state index in [0.29, 0.717) is 11.7 Å². The van der Waals surface area contributed by atoms with Crippen LogP contribution in [0.5, 0.6) is 5.75 Å². The average molecular weight is 294 g/mol. The topological polar surface area (TPSA) is 48.2 Å². The van der Waals surface area contributed by atoms with E-state index >= 15 is 0 Å². The summed E-state index contributed by atoms with van der Waals surface area (Å²) in [4.78, 5) is 4.41. The molecule has 1 heterocycles. The molecule has 0 saturated heterocycles. The predicted octanol–water partition coefficient (Wildman–Crippen LogP) is 4.49. The molecule has 0 aliphatic heterocycles. The van der Waals surface area contributed by atoms with Crippen molar-refractivity contribution in [1.29, 1.82) is 0 Å². The van der Waals surface area contributed by atoms with Gasteiger partial charge >= 0.3 is 0 Å². The van der Waals surface area contributed by atoms with Crippen LogP contribution in [0, 0.1) is 13.8 Å². The summed E-state index contributed by atoms with van der Waals surface area (Å²) in [6.45, 7) is 6.04. The minimum atomic E-state index is -0.299. The molecular formula is C18H18N2O2. The van der Waals surface area contributed by atoms with E-state index in [1.165, 1.54) is 11.1 Å². The Hall–Kier alpha value is -2.62. The summed E-state index contributed by atoms with van der Waals surface area (Å²) in [5, 5.41) is 4.01. The van der Waals surface area contributed by atoms with Crippen LogP contribution in [0.3, 0.4) is 0 Å². The van der Waals surface area contributed by atoms with Crippen molar-refractivity contribution in [3.05, 3.63) is 65.5 Å². The van der Waals surface area contributed by atoms with E-state index in [2.05, 4.69) is 24.0 Å². The molecule has 22 heavy (non-hydrogen) atoms. The molecule has 0 aliphatic rings. The lowest BCUT2D eigenvalue weighted by molar-refractivity contribution is 0.175. The Balaban J connectivity index is 1.77. The van der Waals surface area contributed by atoms with Gasteiger partial charge in [0.05, 0.1) is 0 Å². The summed E-state index contributed by atoms with van der Waals surface area (Å²) in [5.41, 5.74) is 3.36. The molecule has 4 nitrogen and oxygen atoms in total. The second kappa shape index (κ2) is 6.02. The number of rotatable bonds is 4. The Bertz CT molecular complexity index is 766. The molecule has 0 spiro atoms. The number of ether oxygens (including phenoxy) is 1. The minimum Gasteiger partial charge on any atom is -0.481 e. The monoisotopic (exact) mass is 294 g/mol. The van der Waals surface area contributed by atoms with Gasteiger partial charge in [0, 0.05) is 5.56 Å². The number of hydrogen-bond acceptors (Lipinski definition) is 4. The van der Waals surface area contributed by atoms with Gasteiger partial charge in [0.2, 0.25) is 5.82 Å². The Morgan fingerprint density at radius 1 is 1.00 bits per heavy atom. The number of aromatic nitrogens is 2. The Labute approximate surface area is 129 Å². The largest absolute Gasteiger partial charge is 0.481 e. The average Bonchev–Trinajstić information content (AvgIpc) is 3.02. The fourth-order valence-corrected chi connectivity index (χ4v) is 2.15. The van der Waals surface area contributed by atoms with Crippen LogP contribution in [-0.2, 0) is 0 Å². The summed E-state index contributed by atoms with van der Waals surface area (Å²) in [5.74, 6) is 1.85. The van der Waals surface area contributed by atoms with E-state index in [1.54, 1.807) is 0 Å². The maximum absolute atomic E-state index is 5.89. The van der Waals surface area contributed by atoms with Crippen LogP contribution >= 0.6 is 0 Å².